The van der Waals surface area contributed by atoms with E-state index in [9.17, 15) is 19.8 Å². The van der Waals surface area contributed by atoms with Crippen molar-refractivity contribution in [3.8, 4) is 11.5 Å². The summed E-state index contributed by atoms with van der Waals surface area (Å²) in [5.74, 6) is -0.823. The van der Waals surface area contributed by atoms with Gasteiger partial charge in [-0.1, -0.05) is 48.0 Å². The van der Waals surface area contributed by atoms with E-state index in [1.54, 1.807) is 54.6 Å². The average molecular weight is 536 g/mol. The van der Waals surface area contributed by atoms with Gasteiger partial charge in [-0.2, -0.15) is 0 Å². The molecule has 1 heterocycles. The van der Waals surface area contributed by atoms with Crippen molar-refractivity contribution in [2.75, 3.05) is 11.5 Å². The van der Waals surface area contributed by atoms with Gasteiger partial charge >= 0.3 is 0 Å². The number of rotatable bonds is 6. The highest BCUT2D eigenvalue weighted by Gasteiger charge is 2.47. The SMILES string of the molecule is Cc1cc(/C(O)=C2/C(=O)C(=O)N(c3ccc(OCC(C)C)cc3)C2c2cccc(O)c2)ccc1Br. The maximum Gasteiger partial charge on any atom is 0.300 e. The van der Waals surface area contributed by atoms with Crippen LogP contribution in [0.4, 0.5) is 5.69 Å². The van der Waals surface area contributed by atoms with Gasteiger partial charge in [0.05, 0.1) is 18.2 Å². The molecule has 0 aromatic heterocycles. The number of ketones is 1. The molecule has 1 amide bonds. The summed E-state index contributed by atoms with van der Waals surface area (Å²) in [7, 11) is 0. The number of nitrogens with zero attached hydrogens (tertiary/aromatic N) is 1. The molecule has 35 heavy (non-hydrogen) atoms. The number of phenols is 1. The van der Waals surface area contributed by atoms with Crippen LogP contribution < -0.4 is 9.64 Å². The first kappa shape index (κ1) is 24.5. The van der Waals surface area contributed by atoms with E-state index in [2.05, 4.69) is 29.8 Å². The van der Waals surface area contributed by atoms with Crippen LogP contribution in [0, 0.1) is 12.8 Å². The topological polar surface area (TPSA) is 87.1 Å². The average Bonchev–Trinajstić information content (AvgIpc) is 3.10. The number of halogens is 1. The van der Waals surface area contributed by atoms with E-state index in [1.807, 2.05) is 6.92 Å². The van der Waals surface area contributed by atoms with E-state index in [4.69, 9.17) is 4.74 Å². The number of phenolic OH excluding ortho intramolecular Hbond substituents is 1. The second-order valence-electron chi connectivity index (χ2n) is 8.93. The molecule has 4 rings (SSSR count). The Morgan fingerprint density at radius 1 is 1.06 bits per heavy atom. The van der Waals surface area contributed by atoms with Gasteiger partial charge < -0.3 is 14.9 Å². The van der Waals surface area contributed by atoms with E-state index in [0.717, 1.165) is 10.0 Å². The Morgan fingerprint density at radius 3 is 2.40 bits per heavy atom. The third-order valence-corrected chi connectivity index (χ3v) is 6.65. The molecule has 0 aliphatic carbocycles. The van der Waals surface area contributed by atoms with Gasteiger partial charge in [0.1, 0.15) is 17.3 Å². The number of carbonyl (C=O) groups excluding carboxylic acids is 2. The Bertz CT molecular complexity index is 1310. The number of hydrogen-bond donors (Lipinski definition) is 2. The number of carbonyl (C=O) groups is 2. The molecule has 1 unspecified atom stereocenters. The fraction of sp³-hybridized carbons (Fsp3) is 0.214. The molecule has 3 aromatic rings. The molecule has 0 spiro atoms. The summed E-state index contributed by atoms with van der Waals surface area (Å²) in [6, 6.07) is 17.5. The molecular formula is C28H26BrNO5. The van der Waals surface area contributed by atoms with Crippen LogP contribution in [0.3, 0.4) is 0 Å². The third-order valence-electron chi connectivity index (χ3n) is 5.76. The zero-order valence-corrected chi connectivity index (χ0v) is 21.2. The quantitative estimate of drug-likeness (QED) is 0.225. The first-order chi connectivity index (χ1) is 16.7. The van der Waals surface area contributed by atoms with E-state index in [-0.39, 0.29) is 17.1 Å². The predicted molar refractivity (Wildman–Crippen MR) is 139 cm³/mol. The Balaban J connectivity index is 1.84. The minimum Gasteiger partial charge on any atom is -0.508 e. The van der Waals surface area contributed by atoms with E-state index in [0.29, 0.717) is 35.1 Å². The highest BCUT2D eigenvalue weighted by atomic mass is 79.9. The van der Waals surface area contributed by atoms with Crippen molar-refractivity contribution in [3.63, 3.8) is 0 Å². The number of ether oxygens (including phenoxy) is 1. The van der Waals surface area contributed by atoms with Gasteiger partial charge in [0, 0.05) is 15.7 Å². The number of aliphatic hydroxyl groups is 1. The molecule has 1 fully saturated rings. The number of aromatic hydroxyl groups is 1. The molecule has 1 aliphatic heterocycles. The number of hydrogen-bond acceptors (Lipinski definition) is 5. The number of benzene rings is 3. The summed E-state index contributed by atoms with van der Waals surface area (Å²) < 4.78 is 6.60. The van der Waals surface area contributed by atoms with Crippen LogP contribution in [0.5, 0.6) is 11.5 Å². The summed E-state index contributed by atoms with van der Waals surface area (Å²) in [6.45, 7) is 6.53. The van der Waals surface area contributed by atoms with Gasteiger partial charge in [0.25, 0.3) is 11.7 Å². The van der Waals surface area contributed by atoms with Gasteiger partial charge in [-0.3, -0.25) is 14.5 Å². The number of Topliss-reactive ketones (excluding diaryl/α,β-unsaturated/α-hetero) is 1. The fourth-order valence-electron chi connectivity index (χ4n) is 4.02. The van der Waals surface area contributed by atoms with Crippen molar-refractivity contribution in [3.05, 3.63) is 93.5 Å². The first-order valence-electron chi connectivity index (χ1n) is 11.3. The molecule has 1 atom stereocenters. The van der Waals surface area contributed by atoms with Gasteiger partial charge in [0.15, 0.2) is 0 Å². The molecule has 180 valence electrons. The lowest BCUT2D eigenvalue weighted by atomic mass is 9.94. The lowest BCUT2D eigenvalue weighted by Crippen LogP contribution is -2.29. The monoisotopic (exact) mass is 535 g/mol. The highest BCUT2D eigenvalue weighted by Crippen LogP contribution is 2.43. The van der Waals surface area contributed by atoms with Crippen molar-refractivity contribution < 1.29 is 24.5 Å². The molecule has 3 aromatic carbocycles. The van der Waals surface area contributed by atoms with Crippen LogP contribution in [-0.2, 0) is 9.59 Å². The number of aliphatic hydroxyl groups excluding tert-OH is 1. The second kappa shape index (κ2) is 9.96. The number of amides is 1. The highest BCUT2D eigenvalue weighted by molar-refractivity contribution is 9.10. The smallest absolute Gasteiger partial charge is 0.300 e. The molecule has 2 N–H and O–H groups in total. The van der Waals surface area contributed by atoms with Crippen LogP contribution in [-0.4, -0.2) is 28.5 Å². The van der Waals surface area contributed by atoms with Gasteiger partial charge in [-0.15, -0.1) is 0 Å². The zero-order valence-electron chi connectivity index (χ0n) is 19.7. The molecular weight excluding hydrogens is 510 g/mol. The molecule has 0 saturated carbocycles. The Kier molecular flexibility index (Phi) is 6.98. The maximum atomic E-state index is 13.3. The Labute approximate surface area is 212 Å². The van der Waals surface area contributed by atoms with E-state index < -0.39 is 17.7 Å². The summed E-state index contributed by atoms with van der Waals surface area (Å²) >= 11 is 3.44. The van der Waals surface area contributed by atoms with Crippen molar-refractivity contribution in [1.29, 1.82) is 0 Å². The van der Waals surface area contributed by atoms with Gasteiger partial charge in [-0.25, -0.2) is 0 Å². The molecule has 1 saturated heterocycles. The van der Waals surface area contributed by atoms with Crippen LogP contribution >= 0.6 is 15.9 Å². The van der Waals surface area contributed by atoms with Crippen molar-refractivity contribution in [1.82, 2.24) is 0 Å². The summed E-state index contributed by atoms with van der Waals surface area (Å²) in [6.07, 6.45) is 0. The normalized spacial score (nSPS) is 17.3. The van der Waals surface area contributed by atoms with Gasteiger partial charge in [0.2, 0.25) is 0 Å². The van der Waals surface area contributed by atoms with Crippen LogP contribution in [0.25, 0.3) is 5.76 Å². The first-order valence-corrected chi connectivity index (χ1v) is 12.1. The lowest BCUT2D eigenvalue weighted by molar-refractivity contribution is -0.132. The fourth-order valence-corrected chi connectivity index (χ4v) is 4.27. The van der Waals surface area contributed by atoms with Crippen molar-refractivity contribution in [2.24, 2.45) is 5.92 Å². The zero-order chi connectivity index (χ0) is 25.3. The van der Waals surface area contributed by atoms with E-state index >= 15 is 0 Å². The van der Waals surface area contributed by atoms with Crippen molar-refractivity contribution >= 4 is 39.1 Å². The largest absolute Gasteiger partial charge is 0.508 e. The second-order valence-corrected chi connectivity index (χ2v) is 9.78. The minimum absolute atomic E-state index is 0.00925. The Hall–Kier alpha value is -3.58. The minimum atomic E-state index is -0.923. The summed E-state index contributed by atoms with van der Waals surface area (Å²) in [4.78, 5) is 27.9. The van der Waals surface area contributed by atoms with Crippen molar-refractivity contribution in [2.45, 2.75) is 26.8 Å². The lowest BCUT2D eigenvalue weighted by Gasteiger charge is -2.25. The van der Waals surface area contributed by atoms with E-state index in [1.165, 1.54) is 17.0 Å². The molecule has 6 nitrogen and oxygen atoms in total. The molecule has 1 aliphatic rings. The standard InChI is InChI=1S/C28H26BrNO5/c1-16(2)15-35-22-10-8-20(9-11-22)30-25(18-5-4-6-21(31)14-18)24(27(33)28(30)34)26(32)19-7-12-23(29)17(3)13-19/h4-14,16,25,31-32H,15H2,1-3H3/b26-24-. The maximum absolute atomic E-state index is 13.3. The number of aryl methyl sites for hydroxylation is 1. The van der Waals surface area contributed by atoms with Gasteiger partial charge in [-0.05, 0) is 72.5 Å². The summed E-state index contributed by atoms with van der Waals surface area (Å²) in [5.41, 5.74) is 2.23. The molecule has 7 heteroatoms. The molecule has 0 bridgehead atoms. The van der Waals surface area contributed by atoms with Crippen LogP contribution in [0.15, 0.2) is 76.8 Å². The van der Waals surface area contributed by atoms with Crippen LogP contribution in [0.1, 0.15) is 36.6 Å². The van der Waals surface area contributed by atoms with Crippen LogP contribution in [0.2, 0.25) is 0 Å². The molecule has 0 radical (unpaired) electrons. The predicted octanol–water partition coefficient (Wildman–Crippen LogP) is 6.12. The third kappa shape index (κ3) is 4.95. The summed E-state index contributed by atoms with van der Waals surface area (Å²) in [5, 5.41) is 21.4. The Morgan fingerprint density at radius 2 is 1.77 bits per heavy atom. The number of anilines is 1.